The zero-order valence-electron chi connectivity index (χ0n) is 26.4. The molecule has 6 atom stereocenters. The molecule has 1 aliphatic heterocycles. The van der Waals surface area contributed by atoms with Crippen LogP contribution < -0.4 is 10.5 Å². The third-order valence-electron chi connectivity index (χ3n) is 9.03. The summed E-state index contributed by atoms with van der Waals surface area (Å²) in [7, 11) is -7.24. The maximum absolute atomic E-state index is 14.8. The molecular weight excluding hydrogens is 659 g/mol. The van der Waals surface area contributed by atoms with Crippen LogP contribution in [-0.4, -0.2) is 77.1 Å². The van der Waals surface area contributed by atoms with Crippen LogP contribution in [0.5, 0.6) is 0 Å². The molecule has 0 bridgehead atoms. The second-order valence-electron chi connectivity index (χ2n) is 13.1. The minimum atomic E-state index is -4.83. The van der Waals surface area contributed by atoms with Gasteiger partial charge < -0.3 is 25.1 Å². The number of nitrogens with zero attached hydrogens (tertiary/aromatic N) is 4. The quantitative estimate of drug-likeness (QED) is 0.208. The van der Waals surface area contributed by atoms with Gasteiger partial charge in [0.2, 0.25) is 5.60 Å². The van der Waals surface area contributed by atoms with Crippen LogP contribution in [0.2, 0.25) is 18.1 Å². The number of imidazole rings is 1. The normalized spacial score (nSPS) is 27.3. The number of hydrogen-bond acceptors (Lipinski definition) is 12. The predicted octanol–water partition coefficient (Wildman–Crippen LogP) is 2.28. The number of aliphatic hydroxyl groups is 2. The second kappa shape index (κ2) is 11.8. The molecule has 2 aromatic heterocycles. The zero-order valence-corrected chi connectivity index (χ0v) is 28.2. The van der Waals surface area contributed by atoms with Gasteiger partial charge in [-0.3, -0.25) is 13.5 Å². The summed E-state index contributed by atoms with van der Waals surface area (Å²) in [6.07, 6.45) is -1.92. The number of nitrogen functional groups attached to an aromatic ring is 1. The van der Waals surface area contributed by atoms with Gasteiger partial charge in [-0.15, -0.1) is 0 Å². The van der Waals surface area contributed by atoms with Crippen LogP contribution in [0, 0.1) is 17.8 Å². The van der Waals surface area contributed by atoms with Gasteiger partial charge in [-0.05, 0) is 35.5 Å². The van der Waals surface area contributed by atoms with Crippen molar-refractivity contribution in [1.29, 1.82) is 0 Å². The molecule has 5 rings (SSSR count). The minimum absolute atomic E-state index is 0.163. The first kappa shape index (κ1) is 34.8. The third-order valence-corrected chi connectivity index (χ3v) is 14.4. The van der Waals surface area contributed by atoms with E-state index in [1.165, 1.54) is 35.6 Å². The molecule has 3 aromatic rings. The summed E-state index contributed by atoms with van der Waals surface area (Å²) in [5, 5.41) is 20.6. The van der Waals surface area contributed by atoms with E-state index in [-0.39, 0.29) is 16.4 Å². The topological polar surface area (TPSA) is 201 Å². The summed E-state index contributed by atoms with van der Waals surface area (Å²) in [6, 6.07) is 5.03. The van der Waals surface area contributed by atoms with Crippen LogP contribution in [0.15, 0.2) is 36.9 Å². The third kappa shape index (κ3) is 6.12. The summed E-state index contributed by atoms with van der Waals surface area (Å²) in [6.45, 7) is 11.6. The van der Waals surface area contributed by atoms with Gasteiger partial charge in [0, 0.05) is 11.5 Å². The molecular formula is C29H36F2N6O8SSi. The maximum atomic E-state index is 14.8. The minimum Gasteiger partial charge on any atom is -0.409 e. The average Bonchev–Trinajstić information content (AvgIpc) is 3.58. The summed E-state index contributed by atoms with van der Waals surface area (Å²) in [4.78, 5) is 25.0. The van der Waals surface area contributed by atoms with E-state index in [4.69, 9.17) is 19.1 Å². The number of fused-ring (bicyclic) bond motifs is 2. The van der Waals surface area contributed by atoms with Crippen molar-refractivity contribution in [3.8, 4) is 11.8 Å². The van der Waals surface area contributed by atoms with E-state index in [9.17, 15) is 32.2 Å². The van der Waals surface area contributed by atoms with E-state index >= 15 is 0 Å². The number of rotatable bonds is 7. The number of aromatic nitrogens is 4. The molecule has 1 aromatic carbocycles. The standard InChI is InChI=1S/C29H36F2N6O8SSi/c1-16-19(44-26(22(16)45-47(5,6)27(2,3)4)37-15-35-21-24(32)33-14-34-25(21)37)13-43-46(41,42)36-20(38)11-12-28(40)18-10-8-7-9-17(18)23(39)29(28,30)31/h7-10,14-16,19,22-23,26,39-40H,13H2,1-6H3,(H,36,38)(H2,32,33,34)/t16-,19-,22-,23-,26-,28-/m1/s1. The van der Waals surface area contributed by atoms with Gasteiger partial charge >= 0.3 is 22.1 Å². The highest BCUT2D eigenvalue weighted by molar-refractivity contribution is 7.85. The van der Waals surface area contributed by atoms with E-state index < -0.39 is 78.7 Å². The maximum Gasteiger partial charge on any atom is 0.363 e. The van der Waals surface area contributed by atoms with Gasteiger partial charge in [0.05, 0.1) is 25.1 Å². The van der Waals surface area contributed by atoms with E-state index in [0.717, 1.165) is 6.07 Å². The number of benzene rings is 1. The average molecular weight is 695 g/mol. The van der Waals surface area contributed by atoms with Gasteiger partial charge in [0.15, 0.2) is 26.0 Å². The highest BCUT2D eigenvalue weighted by Gasteiger charge is 2.65. The molecule has 1 amide bonds. The lowest BCUT2D eigenvalue weighted by Gasteiger charge is -2.40. The molecule has 0 unspecified atom stereocenters. The largest absolute Gasteiger partial charge is 0.409 e. The Kier molecular flexibility index (Phi) is 8.75. The van der Waals surface area contributed by atoms with E-state index in [0.29, 0.717) is 11.2 Å². The zero-order chi connectivity index (χ0) is 34.7. The molecule has 2 aliphatic rings. The number of carbonyl (C=O) groups excluding carboxylic acids is 1. The SMILES string of the molecule is C[C@H]1[C@@H](O[Si](C)(C)C(C)(C)C)[C@H](n2cnc3c(N)ncnc32)O[C@@H]1COS(=O)(=O)NC(=O)C#C[C@@]1(O)c2ccccc2[C@@H](O)C1(F)F. The smallest absolute Gasteiger partial charge is 0.363 e. The number of amides is 1. The molecule has 0 spiro atoms. The Hall–Kier alpha value is -3.57. The van der Waals surface area contributed by atoms with Crippen molar-refractivity contribution in [3.63, 3.8) is 0 Å². The number of ether oxygens (including phenoxy) is 1. The van der Waals surface area contributed by atoms with E-state index in [1.807, 2.05) is 0 Å². The van der Waals surface area contributed by atoms with Crippen molar-refractivity contribution in [3.05, 3.63) is 48.0 Å². The lowest BCUT2D eigenvalue weighted by Crippen LogP contribution is -2.47. The molecule has 254 valence electrons. The van der Waals surface area contributed by atoms with E-state index in [1.54, 1.807) is 23.3 Å². The van der Waals surface area contributed by atoms with Crippen LogP contribution in [0.1, 0.15) is 51.2 Å². The van der Waals surface area contributed by atoms with Crippen LogP contribution in [0.4, 0.5) is 14.6 Å². The Balaban J connectivity index is 1.33. The van der Waals surface area contributed by atoms with Crippen molar-refractivity contribution < 1.29 is 45.6 Å². The van der Waals surface area contributed by atoms with E-state index in [2.05, 4.69) is 48.8 Å². The molecule has 1 aliphatic carbocycles. The van der Waals surface area contributed by atoms with Crippen molar-refractivity contribution in [2.75, 3.05) is 12.3 Å². The van der Waals surface area contributed by atoms with Gasteiger partial charge in [0.1, 0.15) is 17.9 Å². The Morgan fingerprint density at radius 2 is 1.91 bits per heavy atom. The van der Waals surface area contributed by atoms with Crippen molar-refractivity contribution in [1.82, 2.24) is 24.2 Å². The number of nitrogens with two attached hydrogens (primary N) is 1. The van der Waals surface area contributed by atoms with Crippen LogP contribution in [0.25, 0.3) is 11.2 Å². The Labute approximate surface area is 271 Å². The first-order chi connectivity index (χ1) is 21.7. The van der Waals surface area contributed by atoms with Crippen LogP contribution >= 0.6 is 0 Å². The molecule has 18 heteroatoms. The van der Waals surface area contributed by atoms with Gasteiger partial charge in [-0.1, -0.05) is 52.0 Å². The number of alkyl halides is 2. The van der Waals surface area contributed by atoms with Crippen LogP contribution in [0.3, 0.4) is 0 Å². The highest BCUT2D eigenvalue weighted by atomic mass is 32.2. The molecule has 14 nitrogen and oxygen atoms in total. The summed E-state index contributed by atoms with van der Waals surface area (Å²) in [5.74, 6) is -2.59. The molecule has 0 saturated carbocycles. The van der Waals surface area contributed by atoms with Crippen molar-refractivity contribution in [2.45, 2.75) is 81.9 Å². The highest BCUT2D eigenvalue weighted by Crippen LogP contribution is 2.53. The summed E-state index contributed by atoms with van der Waals surface area (Å²) >= 11 is 0. The van der Waals surface area contributed by atoms with Crippen molar-refractivity contribution in [2.24, 2.45) is 5.92 Å². The Morgan fingerprint density at radius 3 is 2.60 bits per heavy atom. The van der Waals surface area contributed by atoms with Gasteiger partial charge in [-0.25, -0.2) is 19.7 Å². The fourth-order valence-electron chi connectivity index (χ4n) is 5.27. The molecule has 5 N–H and O–H groups in total. The lowest BCUT2D eigenvalue weighted by molar-refractivity contribution is -0.197. The molecule has 47 heavy (non-hydrogen) atoms. The van der Waals surface area contributed by atoms with Gasteiger partial charge in [-0.2, -0.15) is 17.2 Å². The number of anilines is 1. The second-order valence-corrected chi connectivity index (χ2v) is 19.2. The number of hydrogen-bond donors (Lipinski definition) is 4. The number of nitrogens with one attached hydrogen (secondary N) is 1. The Morgan fingerprint density at radius 1 is 1.23 bits per heavy atom. The van der Waals surface area contributed by atoms with Gasteiger partial charge in [0.25, 0.3) is 0 Å². The fraction of sp³-hybridized carbons (Fsp3) is 0.517. The summed E-state index contributed by atoms with van der Waals surface area (Å²) in [5.41, 5.74) is 2.76. The van der Waals surface area contributed by atoms with Crippen molar-refractivity contribution >= 4 is 41.5 Å². The monoisotopic (exact) mass is 694 g/mol. The van der Waals surface area contributed by atoms with Crippen LogP contribution in [-0.2, 0) is 34.0 Å². The Bertz CT molecular complexity index is 1870. The predicted molar refractivity (Wildman–Crippen MR) is 166 cm³/mol. The first-order valence-electron chi connectivity index (χ1n) is 14.6. The molecule has 0 radical (unpaired) electrons. The lowest BCUT2D eigenvalue weighted by atomic mass is 9.94. The fourth-order valence-corrected chi connectivity index (χ4v) is 7.28. The number of halogens is 2. The first-order valence-corrected chi connectivity index (χ1v) is 18.9. The molecule has 3 heterocycles. The molecule has 1 fully saturated rings. The molecule has 1 saturated heterocycles. The number of aliphatic hydroxyl groups excluding tert-OH is 1. The number of carbonyl (C=O) groups is 1. The summed E-state index contributed by atoms with van der Waals surface area (Å²) < 4.78 is 76.3.